The third-order valence-corrected chi connectivity index (χ3v) is 5.10. The highest BCUT2D eigenvalue weighted by molar-refractivity contribution is 9.10. The van der Waals surface area contributed by atoms with Crippen LogP contribution in [-0.4, -0.2) is 21.1 Å². The lowest BCUT2D eigenvalue weighted by atomic mass is 10.1. The molecule has 0 saturated carbocycles. The molecule has 0 N–H and O–H groups in total. The van der Waals surface area contributed by atoms with E-state index in [1.165, 1.54) is 16.7 Å². The van der Waals surface area contributed by atoms with Crippen LogP contribution in [0.1, 0.15) is 42.1 Å². The number of halogens is 1. The molecule has 0 spiro atoms. The summed E-state index contributed by atoms with van der Waals surface area (Å²) < 4.78 is 8.90. The van der Waals surface area contributed by atoms with Gasteiger partial charge in [0.2, 0.25) is 0 Å². The molecule has 0 fully saturated rings. The van der Waals surface area contributed by atoms with Gasteiger partial charge >= 0.3 is 0 Å². The van der Waals surface area contributed by atoms with E-state index in [2.05, 4.69) is 58.6 Å². The number of ether oxygens (including phenoxy) is 1. The highest BCUT2D eigenvalue weighted by atomic mass is 79.9. The van der Waals surface area contributed by atoms with E-state index in [9.17, 15) is 0 Å². The number of benzene rings is 1. The summed E-state index contributed by atoms with van der Waals surface area (Å²) >= 11 is 3.61. The predicted octanol–water partition coefficient (Wildman–Crippen LogP) is 4.96. The first-order valence-corrected chi connectivity index (χ1v) is 9.51. The quantitative estimate of drug-likeness (QED) is 0.585. The van der Waals surface area contributed by atoms with E-state index in [0.717, 1.165) is 40.1 Å². The molecule has 0 aliphatic heterocycles. The van der Waals surface area contributed by atoms with Gasteiger partial charge in [-0.2, -0.15) is 0 Å². The van der Waals surface area contributed by atoms with Gasteiger partial charge in [-0.05, 0) is 49.6 Å². The monoisotopic (exact) mass is 401 g/mol. The van der Waals surface area contributed by atoms with Crippen molar-refractivity contribution in [3.8, 4) is 0 Å². The topological polar surface area (TPSA) is 39.9 Å². The van der Waals surface area contributed by atoms with Crippen molar-refractivity contribution in [2.75, 3.05) is 6.61 Å². The lowest BCUT2D eigenvalue weighted by Crippen LogP contribution is -2.06. The Hall–Kier alpha value is -1.72. The van der Waals surface area contributed by atoms with Gasteiger partial charge in [0.15, 0.2) is 5.65 Å². The minimum atomic E-state index is 0.618. The summed E-state index contributed by atoms with van der Waals surface area (Å²) in [6.07, 6.45) is 0.886. The normalized spacial score (nSPS) is 11.4. The van der Waals surface area contributed by atoms with Gasteiger partial charge in [-0.25, -0.2) is 9.97 Å². The summed E-state index contributed by atoms with van der Waals surface area (Å²) in [5, 5.41) is 0. The van der Waals surface area contributed by atoms with Crippen molar-refractivity contribution in [3.05, 3.63) is 56.9 Å². The van der Waals surface area contributed by atoms with Crippen molar-refractivity contribution in [3.63, 3.8) is 0 Å². The van der Waals surface area contributed by atoms with Crippen LogP contribution in [0.25, 0.3) is 11.2 Å². The largest absolute Gasteiger partial charge is 0.377 e. The van der Waals surface area contributed by atoms with Crippen LogP contribution in [0.3, 0.4) is 0 Å². The molecule has 2 heterocycles. The summed E-state index contributed by atoms with van der Waals surface area (Å²) in [7, 11) is 0. The fourth-order valence-electron chi connectivity index (χ4n) is 3.12. The smallest absolute Gasteiger partial charge is 0.160 e. The zero-order chi connectivity index (χ0) is 18.0. The molecule has 3 aromatic rings. The average Bonchev–Trinajstić information content (AvgIpc) is 2.93. The zero-order valence-electron chi connectivity index (χ0n) is 15.3. The van der Waals surface area contributed by atoms with Crippen molar-refractivity contribution in [2.45, 2.75) is 47.3 Å². The SMILES string of the molecule is CCOCc1cc(Cn2c(CC)nc3c(C)cc(C)nc32)ccc1Br. The maximum Gasteiger partial charge on any atom is 0.160 e. The molecular weight excluding hydrogens is 378 g/mol. The number of imidazole rings is 1. The fraction of sp³-hybridized carbons (Fsp3) is 0.400. The molecule has 25 heavy (non-hydrogen) atoms. The summed E-state index contributed by atoms with van der Waals surface area (Å²) in [4.78, 5) is 9.58. The third-order valence-electron chi connectivity index (χ3n) is 4.33. The molecule has 4 nitrogen and oxygen atoms in total. The van der Waals surface area contributed by atoms with E-state index in [4.69, 9.17) is 14.7 Å². The Morgan fingerprint density at radius 2 is 1.92 bits per heavy atom. The second kappa shape index (κ2) is 7.67. The van der Waals surface area contributed by atoms with Crippen LogP contribution in [0.2, 0.25) is 0 Å². The van der Waals surface area contributed by atoms with E-state index < -0.39 is 0 Å². The molecule has 3 rings (SSSR count). The van der Waals surface area contributed by atoms with E-state index in [1.54, 1.807) is 0 Å². The van der Waals surface area contributed by atoms with Gasteiger partial charge < -0.3 is 9.30 Å². The van der Waals surface area contributed by atoms with Crippen LogP contribution in [0, 0.1) is 13.8 Å². The molecule has 132 valence electrons. The van der Waals surface area contributed by atoms with E-state index in [1.807, 2.05) is 13.8 Å². The molecule has 0 unspecified atom stereocenters. The minimum absolute atomic E-state index is 0.618. The predicted molar refractivity (Wildman–Crippen MR) is 105 cm³/mol. The Kier molecular flexibility index (Phi) is 5.54. The molecule has 0 aliphatic rings. The molecule has 0 bridgehead atoms. The standard InChI is InChI=1S/C20H24BrN3O/c1-5-18-23-19-13(3)9-14(4)22-20(19)24(18)11-15-7-8-17(21)16(10-15)12-25-6-2/h7-10H,5-6,11-12H2,1-4H3. The Balaban J connectivity index is 2.03. The summed E-state index contributed by atoms with van der Waals surface area (Å²) in [5.41, 5.74) is 6.60. The molecular formula is C20H24BrN3O. The highest BCUT2D eigenvalue weighted by Crippen LogP contribution is 2.23. The number of fused-ring (bicyclic) bond motifs is 1. The van der Waals surface area contributed by atoms with Crippen LogP contribution in [0.4, 0.5) is 0 Å². The first-order chi connectivity index (χ1) is 12.0. The number of hydrogen-bond acceptors (Lipinski definition) is 3. The lowest BCUT2D eigenvalue weighted by Gasteiger charge is -2.11. The second-order valence-corrected chi connectivity index (χ2v) is 7.14. The number of hydrogen-bond donors (Lipinski definition) is 0. The average molecular weight is 402 g/mol. The second-order valence-electron chi connectivity index (χ2n) is 6.28. The van der Waals surface area contributed by atoms with Gasteiger partial charge in [-0.15, -0.1) is 0 Å². The first-order valence-electron chi connectivity index (χ1n) is 8.71. The van der Waals surface area contributed by atoms with Crippen molar-refractivity contribution in [1.82, 2.24) is 14.5 Å². The van der Waals surface area contributed by atoms with Crippen molar-refractivity contribution < 1.29 is 4.74 Å². The molecule has 0 saturated heterocycles. The van der Waals surface area contributed by atoms with E-state index in [-0.39, 0.29) is 0 Å². The molecule has 1 aromatic carbocycles. The van der Waals surface area contributed by atoms with Crippen molar-refractivity contribution in [1.29, 1.82) is 0 Å². The lowest BCUT2D eigenvalue weighted by molar-refractivity contribution is 0.133. The Labute approximate surface area is 157 Å². The maximum atomic E-state index is 5.58. The Morgan fingerprint density at radius 3 is 2.64 bits per heavy atom. The van der Waals surface area contributed by atoms with Gasteiger partial charge in [-0.3, -0.25) is 0 Å². The van der Waals surface area contributed by atoms with Gasteiger partial charge in [-0.1, -0.05) is 35.0 Å². The van der Waals surface area contributed by atoms with Crippen LogP contribution in [-0.2, 0) is 24.3 Å². The molecule has 0 amide bonds. The third kappa shape index (κ3) is 3.77. The van der Waals surface area contributed by atoms with Gasteiger partial charge in [0.1, 0.15) is 11.3 Å². The minimum Gasteiger partial charge on any atom is -0.377 e. The number of rotatable bonds is 6. The molecule has 0 atom stereocenters. The van der Waals surface area contributed by atoms with Crippen LogP contribution >= 0.6 is 15.9 Å². The van der Waals surface area contributed by atoms with Gasteiger partial charge in [0.05, 0.1) is 13.2 Å². The van der Waals surface area contributed by atoms with Crippen molar-refractivity contribution in [2.24, 2.45) is 0 Å². The van der Waals surface area contributed by atoms with Gasteiger partial charge in [0.25, 0.3) is 0 Å². The fourth-order valence-corrected chi connectivity index (χ4v) is 3.48. The number of aryl methyl sites for hydroxylation is 3. The van der Waals surface area contributed by atoms with E-state index >= 15 is 0 Å². The summed E-state index contributed by atoms with van der Waals surface area (Å²) in [5.74, 6) is 1.07. The zero-order valence-corrected chi connectivity index (χ0v) is 16.9. The number of nitrogens with zero attached hydrogens (tertiary/aromatic N) is 3. The number of pyridine rings is 1. The molecule has 5 heteroatoms. The van der Waals surface area contributed by atoms with Crippen LogP contribution in [0.5, 0.6) is 0 Å². The highest BCUT2D eigenvalue weighted by Gasteiger charge is 2.14. The van der Waals surface area contributed by atoms with Crippen molar-refractivity contribution >= 4 is 27.1 Å². The van der Waals surface area contributed by atoms with Crippen LogP contribution < -0.4 is 0 Å². The first kappa shape index (κ1) is 18.1. The molecule has 2 aromatic heterocycles. The summed E-state index contributed by atoms with van der Waals surface area (Å²) in [6, 6.07) is 8.54. The molecule has 0 radical (unpaired) electrons. The Bertz CT molecular complexity index is 902. The summed E-state index contributed by atoms with van der Waals surface area (Å²) in [6.45, 7) is 10.4. The van der Waals surface area contributed by atoms with E-state index in [0.29, 0.717) is 13.2 Å². The molecule has 0 aliphatic carbocycles. The maximum absolute atomic E-state index is 5.58. The van der Waals surface area contributed by atoms with Gasteiger partial charge in [0, 0.05) is 23.2 Å². The number of aromatic nitrogens is 3. The van der Waals surface area contributed by atoms with Crippen LogP contribution in [0.15, 0.2) is 28.7 Å². The Morgan fingerprint density at radius 1 is 1.12 bits per heavy atom.